The molecule has 3 aromatic carbocycles. The van der Waals surface area contributed by atoms with Crippen molar-refractivity contribution >= 4 is 51.2 Å². The van der Waals surface area contributed by atoms with Gasteiger partial charge in [-0.1, -0.05) is 51.3 Å². The maximum atomic E-state index is 13.2. The van der Waals surface area contributed by atoms with Crippen molar-refractivity contribution < 1.29 is 24.0 Å². The summed E-state index contributed by atoms with van der Waals surface area (Å²) >= 11 is 3.58. The van der Waals surface area contributed by atoms with Crippen LogP contribution in [-0.2, 0) is 16.0 Å². The summed E-state index contributed by atoms with van der Waals surface area (Å²) < 4.78 is 6.33. The van der Waals surface area contributed by atoms with E-state index in [0.717, 1.165) is 28.3 Å². The number of nitro groups is 1. The van der Waals surface area contributed by atoms with Crippen LogP contribution in [0.3, 0.4) is 0 Å². The van der Waals surface area contributed by atoms with Crippen molar-refractivity contribution in [2.24, 2.45) is 0 Å². The van der Waals surface area contributed by atoms with Crippen LogP contribution in [0.15, 0.2) is 64.6 Å². The van der Waals surface area contributed by atoms with Crippen molar-refractivity contribution in [3.8, 4) is 5.75 Å². The van der Waals surface area contributed by atoms with Crippen LogP contribution in [-0.4, -0.2) is 29.9 Å². The number of nitrogens with one attached hydrogen (secondary N) is 1. The van der Waals surface area contributed by atoms with Gasteiger partial charge in [0.1, 0.15) is 11.3 Å². The lowest BCUT2D eigenvalue weighted by Gasteiger charge is -2.26. The van der Waals surface area contributed by atoms with Gasteiger partial charge in [-0.15, -0.1) is 0 Å². The van der Waals surface area contributed by atoms with Crippen LogP contribution in [0.1, 0.15) is 27.8 Å². The fourth-order valence-electron chi connectivity index (χ4n) is 4.25. The molecule has 188 valence electrons. The number of nitro benzene ring substituents is 1. The summed E-state index contributed by atoms with van der Waals surface area (Å²) in [6, 6.07) is 13.8. The number of barbiturate groups is 1. The van der Waals surface area contributed by atoms with Crippen LogP contribution in [0.2, 0.25) is 0 Å². The van der Waals surface area contributed by atoms with Gasteiger partial charge >= 0.3 is 6.03 Å². The number of amides is 4. The minimum absolute atomic E-state index is 0.0299. The first kappa shape index (κ1) is 25.8. The Kier molecular flexibility index (Phi) is 7.21. The van der Waals surface area contributed by atoms with E-state index in [4.69, 9.17) is 4.74 Å². The van der Waals surface area contributed by atoms with Gasteiger partial charge < -0.3 is 4.74 Å². The molecular formula is C27H22BrN3O6. The smallest absolute Gasteiger partial charge is 0.335 e. The van der Waals surface area contributed by atoms with E-state index in [2.05, 4.69) is 39.4 Å². The highest BCUT2D eigenvalue weighted by atomic mass is 79.9. The lowest BCUT2D eigenvalue weighted by Crippen LogP contribution is -2.54. The number of carbonyl (C=O) groups excluding carboxylic acids is 3. The molecule has 0 aliphatic carbocycles. The third-order valence-corrected chi connectivity index (χ3v) is 6.48. The van der Waals surface area contributed by atoms with Crippen molar-refractivity contribution in [2.45, 2.75) is 20.3 Å². The second kappa shape index (κ2) is 10.4. The van der Waals surface area contributed by atoms with Gasteiger partial charge in [0.05, 0.1) is 17.7 Å². The normalized spacial score (nSPS) is 14.6. The Balaban J connectivity index is 1.71. The predicted molar refractivity (Wildman–Crippen MR) is 142 cm³/mol. The number of urea groups is 1. The first-order chi connectivity index (χ1) is 17.6. The largest absolute Gasteiger partial charge is 0.496 e. The number of imide groups is 2. The van der Waals surface area contributed by atoms with Gasteiger partial charge in [-0.05, 0) is 49.2 Å². The topological polar surface area (TPSA) is 119 Å². The van der Waals surface area contributed by atoms with E-state index in [1.54, 1.807) is 12.1 Å². The van der Waals surface area contributed by atoms with Gasteiger partial charge in [0.25, 0.3) is 17.5 Å². The predicted octanol–water partition coefficient (Wildman–Crippen LogP) is 5.24. The van der Waals surface area contributed by atoms with Gasteiger partial charge in [0.2, 0.25) is 0 Å². The van der Waals surface area contributed by atoms with Crippen LogP contribution >= 0.6 is 15.9 Å². The molecule has 4 amide bonds. The Bertz CT molecular complexity index is 1480. The molecule has 1 fully saturated rings. The number of halogens is 1. The van der Waals surface area contributed by atoms with Gasteiger partial charge in [-0.3, -0.25) is 25.0 Å². The minimum atomic E-state index is -0.991. The minimum Gasteiger partial charge on any atom is -0.496 e. The van der Waals surface area contributed by atoms with E-state index in [9.17, 15) is 24.5 Å². The van der Waals surface area contributed by atoms with Crippen molar-refractivity contribution in [2.75, 3.05) is 12.0 Å². The quantitative estimate of drug-likeness (QED) is 0.189. The van der Waals surface area contributed by atoms with Crippen LogP contribution in [0.4, 0.5) is 16.2 Å². The van der Waals surface area contributed by atoms with E-state index in [-0.39, 0.29) is 16.9 Å². The summed E-state index contributed by atoms with van der Waals surface area (Å²) in [5.41, 5.74) is 4.15. The summed E-state index contributed by atoms with van der Waals surface area (Å²) in [6.45, 7) is 4.07. The highest BCUT2D eigenvalue weighted by Gasteiger charge is 2.37. The molecule has 0 atom stereocenters. The second-order valence-electron chi connectivity index (χ2n) is 8.59. The Labute approximate surface area is 221 Å². The molecule has 0 spiro atoms. The van der Waals surface area contributed by atoms with E-state index < -0.39 is 22.8 Å². The zero-order chi connectivity index (χ0) is 26.9. The number of carbonyl (C=O) groups is 3. The molecule has 0 unspecified atom stereocenters. The second-order valence-corrected chi connectivity index (χ2v) is 9.45. The number of anilines is 1. The fraction of sp³-hybridized carbons (Fsp3) is 0.148. The summed E-state index contributed by atoms with van der Waals surface area (Å²) in [7, 11) is 1.53. The fourth-order valence-corrected chi connectivity index (χ4v) is 4.85. The van der Waals surface area contributed by atoms with E-state index in [0.29, 0.717) is 27.1 Å². The first-order valence-electron chi connectivity index (χ1n) is 11.2. The van der Waals surface area contributed by atoms with Crippen LogP contribution in [0.5, 0.6) is 5.75 Å². The molecule has 1 N–H and O–H groups in total. The van der Waals surface area contributed by atoms with E-state index >= 15 is 0 Å². The highest BCUT2D eigenvalue weighted by molar-refractivity contribution is 9.10. The summed E-state index contributed by atoms with van der Waals surface area (Å²) in [5, 5.41) is 13.3. The van der Waals surface area contributed by atoms with Gasteiger partial charge in [-0.25, -0.2) is 9.69 Å². The third-order valence-electron chi connectivity index (χ3n) is 5.77. The number of ether oxygens (including phenoxy) is 1. The van der Waals surface area contributed by atoms with Gasteiger partial charge in [-0.2, -0.15) is 0 Å². The SMILES string of the molecule is COc1cc(/C=C2\C(=O)NC(=O)N(c3cccc([N+](=O)[O-])c3)C2=O)cc(Br)c1Cc1cc(C)cc(C)c1. The maximum absolute atomic E-state index is 13.2. The van der Waals surface area contributed by atoms with Gasteiger partial charge in [0, 0.05) is 28.6 Å². The van der Waals surface area contributed by atoms with E-state index in [1.807, 2.05) is 13.8 Å². The van der Waals surface area contributed by atoms with Crippen molar-refractivity contribution in [1.29, 1.82) is 0 Å². The van der Waals surface area contributed by atoms with E-state index in [1.165, 1.54) is 31.4 Å². The van der Waals surface area contributed by atoms with Crippen molar-refractivity contribution in [3.05, 3.63) is 103 Å². The number of rotatable bonds is 6. The molecule has 1 heterocycles. The van der Waals surface area contributed by atoms with Crippen molar-refractivity contribution in [1.82, 2.24) is 5.32 Å². The molecule has 4 rings (SSSR count). The number of benzene rings is 3. The molecule has 0 saturated carbocycles. The maximum Gasteiger partial charge on any atom is 0.335 e. The molecule has 1 saturated heterocycles. The summed E-state index contributed by atoms with van der Waals surface area (Å²) in [6.07, 6.45) is 1.94. The molecule has 3 aromatic rings. The Morgan fingerprint density at radius 2 is 1.76 bits per heavy atom. The van der Waals surface area contributed by atoms with Gasteiger partial charge in [0.15, 0.2) is 0 Å². The molecule has 0 aromatic heterocycles. The Morgan fingerprint density at radius 1 is 1.05 bits per heavy atom. The standard InChI is InChI=1S/C27H22BrN3O6/c1-15-7-16(2)9-17(8-15)10-21-23(28)12-18(13-24(21)37-3)11-22-25(32)29-27(34)30(26(22)33)19-5-4-6-20(14-19)31(35)36/h4-9,11-14H,10H2,1-3H3,(H,29,32,34)/b22-11+. The first-order valence-corrected chi connectivity index (χ1v) is 12.0. The van der Waals surface area contributed by atoms with Crippen LogP contribution in [0, 0.1) is 24.0 Å². The monoisotopic (exact) mass is 563 g/mol. The third kappa shape index (κ3) is 5.44. The molecule has 0 bridgehead atoms. The molecule has 0 radical (unpaired) electrons. The molecule has 1 aliphatic heterocycles. The number of nitrogens with zero attached hydrogens (tertiary/aromatic N) is 2. The summed E-state index contributed by atoms with van der Waals surface area (Å²) in [4.78, 5) is 49.5. The lowest BCUT2D eigenvalue weighted by molar-refractivity contribution is -0.384. The van der Waals surface area contributed by atoms with Crippen LogP contribution < -0.4 is 15.0 Å². The zero-order valence-corrected chi connectivity index (χ0v) is 21.8. The number of aryl methyl sites for hydroxylation is 2. The average Bonchev–Trinajstić information content (AvgIpc) is 2.82. The number of methoxy groups -OCH3 is 1. The Hall–Kier alpha value is -4.31. The molecular weight excluding hydrogens is 542 g/mol. The number of non-ortho nitro benzene ring substituents is 1. The zero-order valence-electron chi connectivity index (χ0n) is 20.2. The van der Waals surface area contributed by atoms with Crippen molar-refractivity contribution in [3.63, 3.8) is 0 Å². The number of hydrogen-bond acceptors (Lipinski definition) is 6. The van der Waals surface area contributed by atoms with Crippen LogP contribution in [0.25, 0.3) is 6.08 Å². The summed E-state index contributed by atoms with van der Waals surface area (Å²) in [5.74, 6) is -1.22. The molecule has 37 heavy (non-hydrogen) atoms. The number of hydrogen-bond donors (Lipinski definition) is 1. The molecule has 1 aliphatic rings. The highest BCUT2D eigenvalue weighted by Crippen LogP contribution is 2.33. The average molecular weight is 564 g/mol. The molecule has 10 heteroatoms. The molecule has 9 nitrogen and oxygen atoms in total. The Morgan fingerprint density at radius 3 is 2.41 bits per heavy atom. The lowest BCUT2D eigenvalue weighted by atomic mass is 9.98.